The number of methoxy groups -OCH3 is 2. The molecule has 0 atom stereocenters. The lowest BCUT2D eigenvalue weighted by molar-refractivity contribution is -0.133. The molecule has 1 fully saturated rings. The molecule has 0 amide bonds. The number of Topliss-reactive ketones (excluding diaryl/α,β-unsaturated/α-hetero) is 1. The van der Waals surface area contributed by atoms with Crippen LogP contribution in [0.25, 0.3) is 16.9 Å². The molecule has 0 radical (unpaired) electrons. The van der Waals surface area contributed by atoms with Crippen LogP contribution in [0.15, 0.2) is 36.7 Å². The van der Waals surface area contributed by atoms with Crippen molar-refractivity contribution in [2.24, 2.45) is 0 Å². The lowest BCUT2D eigenvalue weighted by atomic mass is 9.90. The Bertz CT molecular complexity index is 1160. The number of ether oxygens (including phenoxy) is 2. The summed E-state index contributed by atoms with van der Waals surface area (Å²) in [5.74, 6) is 0.154. The number of nitrogens with zero attached hydrogens (tertiary/aromatic N) is 3. The molecule has 0 aliphatic carbocycles. The summed E-state index contributed by atoms with van der Waals surface area (Å²) in [5, 5.41) is 0. The third-order valence-electron chi connectivity index (χ3n) is 6.44. The van der Waals surface area contributed by atoms with Crippen molar-refractivity contribution in [2.75, 3.05) is 34.4 Å². The van der Waals surface area contributed by atoms with E-state index >= 15 is 0 Å². The maximum Gasteiger partial charge on any atom is 0.389 e. The predicted molar refractivity (Wildman–Crippen MR) is 123 cm³/mol. The minimum atomic E-state index is -4.42. The first-order chi connectivity index (χ1) is 16.2. The van der Waals surface area contributed by atoms with E-state index in [4.69, 9.17) is 9.47 Å². The second-order valence-electron chi connectivity index (χ2n) is 8.70. The van der Waals surface area contributed by atoms with Crippen LogP contribution in [-0.2, 0) is 0 Å². The van der Waals surface area contributed by atoms with Crippen molar-refractivity contribution < 1.29 is 27.4 Å². The topological polar surface area (TPSA) is 56.1 Å². The molecule has 0 bridgehead atoms. The SMILES string of the molecule is COc1cc(-c2cnc3cc(C4CCN(C)CC4)ccn23)cc(OC)c1C(=O)CCC(F)(F)F. The molecule has 3 heterocycles. The lowest BCUT2D eigenvalue weighted by Crippen LogP contribution is -2.29. The van der Waals surface area contributed by atoms with Gasteiger partial charge in [0.1, 0.15) is 22.7 Å². The smallest absolute Gasteiger partial charge is 0.389 e. The van der Waals surface area contributed by atoms with Crippen LogP contribution in [0.3, 0.4) is 0 Å². The third-order valence-corrected chi connectivity index (χ3v) is 6.44. The van der Waals surface area contributed by atoms with E-state index in [9.17, 15) is 18.0 Å². The first kappa shape index (κ1) is 24.1. The fourth-order valence-electron chi connectivity index (χ4n) is 4.52. The Kier molecular flexibility index (Phi) is 6.84. The van der Waals surface area contributed by atoms with Crippen molar-refractivity contribution in [3.8, 4) is 22.8 Å². The molecule has 34 heavy (non-hydrogen) atoms. The van der Waals surface area contributed by atoms with Crippen LogP contribution >= 0.6 is 0 Å². The van der Waals surface area contributed by atoms with Crippen LogP contribution in [-0.4, -0.2) is 60.6 Å². The Labute approximate surface area is 196 Å². The van der Waals surface area contributed by atoms with Gasteiger partial charge in [-0.15, -0.1) is 0 Å². The number of halogens is 3. The van der Waals surface area contributed by atoms with Gasteiger partial charge in [-0.25, -0.2) is 4.98 Å². The highest BCUT2D eigenvalue weighted by molar-refractivity contribution is 6.02. The molecule has 1 aliphatic rings. The largest absolute Gasteiger partial charge is 0.496 e. The number of rotatable bonds is 7. The Balaban J connectivity index is 1.67. The highest BCUT2D eigenvalue weighted by atomic mass is 19.4. The van der Waals surface area contributed by atoms with Crippen molar-refractivity contribution in [3.63, 3.8) is 0 Å². The summed E-state index contributed by atoms with van der Waals surface area (Å²) >= 11 is 0. The minimum Gasteiger partial charge on any atom is -0.496 e. The number of piperidine rings is 1. The average molecular weight is 476 g/mol. The molecule has 9 heteroatoms. The van der Waals surface area contributed by atoms with Gasteiger partial charge in [0.2, 0.25) is 0 Å². The van der Waals surface area contributed by atoms with E-state index in [0.29, 0.717) is 11.5 Å². The number of hydrogen-bond acceptors (Lipinski definition) is 5. The molecule has 3 aromatic rings. The zero-order valence-electron chi connectivity index (χ0n) is 19.5. The van der Waals surface area contributed by atoms with Crippen molar-refractivity contribution in [1.29, 1.82) is 0 Å². The zero-order valence-corrected chi connectivity index (χ0v) is 19.5. The van der Waals surface area contributed by atoms with Crippen LogP contribution in [0, 0.1) is 0 Å². The quantitative estimate of drug-likeness (QED) is 0.431. The molecule has 1 aromatic carbocycles. The number of fused-ring (bicyclic) bond motifs is 1. The highest BCUT2D eigenvalue weighted by Gasteiger charge is 2.30. The van der Waals surface area contributed by atoms with Gasteiger partial charge in [0, 0.05) is 18.2 Å². The van der Waals surface area contributed by atoms with Gasteiger partial charge in [0.15, 0.2) is 5.78 Å². The standard InChI is InChI=1S/C25H28F3N3O3/c1-30-9-5-16(6-10-30)17-7-11-31-19(15-29-23(31)14-17)18-12-21(33-2)24(22(13-18)34-3)20(32)4-8-25(26,27)28/h7,11-16H,4-6,8-10H2,1-3H3. The van der Waals surface area contributed by atoms with E-state index in [0.717, 1.165) is 37.3 Å². The van der Waals surface area contributed by atoms with Gasteiger partial charge in [0.05, 0.1) is 32.5 Å². The van der Waals surface area contributed by atoms with Gasteiger partial charge in [0.25, 0.3) is 0 Å². The highest BCUT2D eigenvalue weighted by Crippen LogP contribution is 2.37. The second-order valence-corrected chi connectivity index (χ2v) is 8.70. The molecular formula is C25H28F3N3O3. The summed E-state index contributed by atoms with van der Waals surface area (Å²) in [6, 6.07) is 7.48. The van der Waals surface area contributed by atoms with Gasteiger partial charge in [-0.05, 0) is 68.7 Å². The van der Waals surface area contributed by atoms with E-state index in [2.05, 4.69) is 29.1 Å². The number of pyridine rings is 1. The van der Waals surface area contributed by atoms with E-state index in [-0.39, 0.29) is 17.1 Å². The average Bonchev–Trinajstić information content (AvgIpc) is 3.25. The van der Waals surface area contributed by atoms with Gasteiger partial charge in [-0.2, -0.15) is 13.2 Å². The van der Waals surface area contributed by atoms with E-state index in [1.54, 1.807) is 18.3 Å². The monoisotopic (exact) mass is 475 g/mol. The van der Waals surface area contributed by atoms with Gasteiger partial charge in [-0.1, -0.05) is 0 Å². The molecule has 0 unspecified atom stereocenters. The summed E-state index contributed by atoms with van der Waals surface area (Å²) < 4.78 is 50.6. The predicted octanol–water partition coefficient (Wildman–Crippen LogP) is 5.35. The summed E-state index contributed by atoms with van der Waals surface area (Å²) in [6.45, 7) is 2.15. The maximum absolute atomic E-state index is 12.6. The van der Waals surface area contributed by atoms with Crippen molar-refractivity contribution in [3.05, 3.63) is 47.8 Å². The normalized spacial score (nSPS) is 15.6. The third kappa shape index (κ3) is 5.04. The number of hydrogen-bond donors (Lipinski definition) is 0. The first-order valence-electron chi connectivity index (χ1n) is 11.2. The van der Waals surface area contributed by atoms with E-state index < -0.39 is 24.8 Å². The number of benzene rings is 1. The molecule has 182 valence electrons. The maximum atomic E-state index is 12.6. The number of carbonyl (C=O) groups excluding carboxylic acids is 1. The summed E-state index contributed by atoms with van der Waals surface area (Å²) in [4.78, 5) is 19.5. The van der Waals surface area contributed by atoms with Crippen molar-refractivity contribution in [1.82, 2.24) is 14.3 Å². The molecule has 0 saturated carbocycles. The number of alkyl halides is 3. The minimum absolute atomic E-state index is 0.0105. The second kappa shape index (κ2) is 9.66. The molecule has 6 nitrogen and oxygen atoms in total. The van der Waals surface area contributed by atoms with Crippen molar-refractivity contribution in [2.45, 2.75) is 37.8 Å². The van der Waals surface area contributed by atoms with Crippen LogP contribution in [0.4, 0.5) is 13.2 Å². The van der Waals surface area contributed by atoms with Crippen LogP contribution < -0.4 is 9.47 Å². The fourth-order valence-corrected chi connectivity index (χ4v) is 4.52. The molecule has 0 N–H and O–H groups in total. The molecule has 1 saturated heterocycles. The molecule has 4 rings (SSSR count). The lowest BCUT2D eigenvalue weighted by Gasteiger charge is -2.29. The Hall–Kier alpha value is -3.07. The summed E-state index contributed by atoms with van der Waals surface area (Å²) in [6.07, 6.45) is -0.368. The Morgan fingerprint density at radius 3 is 2.35 bits per heavy atom. The molecular weight excluding hydrogens is 447 g/mol. The number of aromatic nitrogens is 2. The van der Waals surface area contributed by atoms with E-state index in [1.165, 1.54) is 19.8 Å². The summed E-state index contributed by atoms with van der Waals surface area (Å²) in [5.41, 5.74) is 3.51. The van der Waals surface area contributed by atoms with Crippen LogP contribution in [0.1, 0.15) is 47.5 Å². The number of ketones is 1. The van der Waals surface area contributed by atoms with Gasteiger partial charge in [-0.3, -0.25) is 9.20 Å². The fraction of sp³-hybridized carbons (Fsp3) is 0.440. The van der Waals surface area contributed by atoms with Crippen LogP contribution in [0.5, 0.6) is 11.5 Å². The first-order valence-corrected chi connectivity index (χ1v) is 11.2. The van der Waals surface area contributed by atoms with Gasteiger partial charge < -0.3 is 14.4 Å². The van der Waals surface area contributed by atoms with Gasteiger partial charge >= 0.3 is 6.18 Å². The number of likely N-dealkylation sites (tertiary alicyclic amines) is 1. The van der Waals surface area contributed by atoms with Crippen LogP contribution in [0.2, 0.25) is 0 Å². The number of imidazole rings is 1. The Morgan fingerprint density at radius 2 is 1.76 bits per heavy atom. The van der Waals surface area contributed by atoms with E-state index in [1.807, 2.05) is 10.6 Å². The van der Waals surface area contributed by atoms with Crippen molar-refractivity contribution >= 4 is 11.4 Å². The zero-order chi connectivity index (χ0) is 24.5. The summed E-state index contributed by atoms with van der Waals surface area (Å²) in [7, 11) is 4.89. The number of carbonyl (C=O) groups is 1. The molecule has 0 spiro atoms. The Morgan fingerprint density at radius 1 is 1.12 bits per heavy atom. The molecule has 1 aliphatic heterocycles. The molecule has 2 aromatic heterocycles.